The predicted molar refractivity (Wildman–Crippen MR) is 117 cm³/mol. The van der Waals surface area contributed by atoms with E-state index in [0.29, 0.717) is 17.5 Å². The summed E-state index contributed by atoms with van der Waals surface area (Å²) in [6.07, 6.45) is -4.80. The Hall–Kier alpha value is -4.03. The van der Waals surface area contributed by atoms with E-state index in [2.05, 4.69) is 20.6 Å². The molecule has 2 aromatic heterocycles. The molecule has 3 N–H and O–H groups in total. The first-order valence-corrected chi connectivity index (χ1v) is 10.5. The van der Waals surface area contributed by atoms with Crippen molar-refractivity contribution in [1.29, 1.82) is 0 Å². The first-order chi connectivity index (χ1) is 16.8. The van der Waals surface area contributed by atoms with Crippen molar-refractivity contribution >= 4 is 5.91 Å². The summed E-state index contributed by atoms with van der Waals surface area (Å²) < 4.78 is 47.6. The van der Waals surface area contributed by atoms with Crippen LogP contribution in [0.4, 0.5) is 13.2 Å². The summed E-state index contributed by atoms with van der Waals surface area (Å²) in [7, 11) is 0. The first-order valence-electron chi connectivity index (χ1n) is 10.5. The summed E-state index contributed by atoms with van der Waals surface area (Å²) in [4.78, 5) is 16.1. The lowest BCUT2D eigenvalue weighted by Gasteiger charge is -2.11. The molecule has 9 nitrogen and oxygen atoms in total. The van der Waals surface area contributed by atoms with Gasteiger partial charge in [0, 0.05) is 18.7 Å². The third-order valence-corrected chi connectivity index (χ3v) is 5.06. The lowest BCUT2D eigenvalue weighted by atomic mass is 10.1. The molecule has 0 aliphatic heterocycles. The molecule has 182 valence electrons. The van der Waals surface area contributed by atoms with Crippen molar-refractivity contribution in [2.24, 2.45) is 0 Å². The second-order valence-electron chi connectivity index (χ2n) is 7.47. The molecule has 0 fully saturated rings. The molecule has 0 saturated carbocycles. The van der Waals surface area contributed by atoms with E-state index < -0.39 is 23.9 Å². The highest BCUT2D eigenvalue weighted by Gasteiger charge is 2.40. The van der Waals surface area contributed by atoms with Crippen LogP contribution in [-0.2, 0) is 11.0 Å². The molecule has 0 radical (unpaired) electrons. The fraction of sp³-hybridized carbons (Fsp3) is 0.217. The maximum absolute atomic E-state index is 13.9. The molecule has 0 bridgehead atoms. The maximum atomic E-state index is 13.9. The van der Waals surface area contributed by atoms with E-state index >= 15 is 0 Å². The number of hydrogen-bond acceptors (Lipinski definition) is 7. The van der Waals surface area contributed by atoms with Crippen molar-refractivity contribution in [3.05, 3.63) is 72.1 Å². The molecule has 1 atom stereocenters. The third-order valence-electron chi connectivity index (χ3n) is 5.06. The van der Waals surface area contributed by atoms with Gasteiger partial charge in [-0.15, -0.1) is 0 Å². The molecule has 2 aromatic carbocycles. The van der Waals surface area contributed by atoms with Crippen molar-refractivity contribution in [2.45, 2.75) is 18.7 Å². The predicted octanol–water partition coefficient (Wildman–Crippen LogP) is 3.14. The minimum atomic E-state index is -4.74. The Morgan fingerprint density at radius 3 is 2.49 bits per heavy atom. The Labute approximate surface area is 196 Å². The minimum absolute atomic E-state index is 0.0222. The van der Waals surface area contributed by atoms with E-state index in [1.54, 1.807) is 18.2 Å². The lowest BCUT2D eigenvalue weighted by molar-refractivity contribution is -0.142. The van der Waals surface area contributed by atoms with Crippen molar-refractivity contribution in [3.8, 4) is 28.5 Å². The number of nitrogens with zero attached hydrogens (tertiary/aromatic N) is 4. The van der Waals surface area contributed by atoms with E-state index in [1.165, 1.54) is 36.4 Å². The first kappa shape index (κ1) is 24.1. The molecular weight excluding hydrogens is 467 g/mol. The monoisotopic (exact) mass is 487 g/mol. The molecule has 2 heterocycles. The van der Waals surface area contributed by atoms with Crippen LogP contribution in [0.1, 0.15) is 23.8 Å². The fourth-order valence-electron chi connectivity index (χ4n) is 3.35. The number of aromatic nitrogens is 4. The Morgan fingerprint density at radius 1 is 1.11 bits per heavy atom. The number of hydrogen-bond donors (Lipinski definition) is 3. The standard InChI is InChI=1S/C23H20F3N5O4/c24-23(25,26)19-17(13-28-31(19)16-5-2-1-3-6-16)22-29-20(30-35-22)15-9-7-14(8-10-15)18(33)21(34)27-11-4-12-32/h1-3,5-10,13,18,32-33H,4,11-12H2,(H,27,34). The van der Waals surface area contributed by atoms with Gasteiger partial charge in [-0.2, -0.15) is 23.3 Å². The van der Waals surface area contributed by atoms with Gasteiger partial charge in [-0.05, 0) is 24.1 Å². The number of para-hydroxylation sites is 1. The van der Waals surface area contributed by atoms with E-state index in [1.807, 2.05) is 0 Å². The topological polar surface area (TPSA) is 126 Å². The van der Waals surface area contributed by atoms with Crippen LogP contribution in [-0.4, -0.2) is 49.2 Å². The molecule has 4 rings (SSSR count). The van der Waals surface area contributed by atoms with Crippen molar-refractivity contribution in [2.75, 3.05) is 13.2 Å². The van der Waals surface area contributed by atoms with Gasteiger partial charge in [-0.3, -0.25) is 4.79 Å². The largest absolute Gasteiger partial charge is 0.434 e. The maximum Gasteiger partial charge on any atom is 0.434 e. The second-order valence-corrected chi connectivity index (χ2v) is 7.47. The molecule has 0 aliphatic rings. The van der Waals surface area contributed by atoms with Gasteiger partial charge in [0.05, 0.1) is 17.4 Å². The molecule has 12 heteroatoms. The molecular formula is C23H20F3N5O4. The van der Waals surface area contributed by atoms with Crippen LogP contribution in [0.25, 0.3) is 28.5 Å². The number of rotatable bonds is 8. The van der Waals surface area contributed by atoms with E-state index in [-0.39, 0.29) is 36.1 Å². The Balaban J connectivity index is 1.58. The molecule has 1 amide bonds. The second kappa shape index (κ2) is 10.1. The highest BCUT2D eigenvalue weighted by Crippen LogP contribution is 2.38. The van der Waals surface area contributed by atoms with Crippen LogP contribution < -0.4 is 5.32 Å². The van der Waals surface area contributed by atoms with Gasteiger partial charge in [0.1, 0.15) is 0 Å². The number of alkyl halides is 3. The Bertz CT molecular complexity index is 1290. The van der Waals surface area contributed by atoms with Crippen LogP contribution in [0.15, 0.2) is 65.3 Å². The normalized spacial score (nSPS) is 12.5. The van der Waals surface area contributed by atoms with Crippen LogP contribution in [0.3, 0.4) is 0 Å². The van der Waals surface area contributed by atoms with Gasteiger partial charge >= 0.3 is 6.18 Å². The summed E-state index contributed by atoms with van der Waals surface area (Å²) in [6.45, 7) is 0.131. The molecule has 0 saturated heterocycles. The molecule has 0 aliphatic carbocycles. The van der Waals surface area contributed by atoms with Gasteiger partial charge in [0.2, 0.25) is 5.82 Å². The average Bonchev–Trinajstić information content (AvgIpc) is 3.52. The van der Waals surface area contributed by atoms with Crippen LogP contribution in [0.5, 0.6) is 0 Å². The van der Waals surface area contributed by atoms with Crippen LogP contribution in [0.2, 0.25) is 0 Å². The number of aliphatic hydroxyl groups is 2. The number of carbonyl (C=O) groups is 1. The average molecular weight is 487 g/mol. The number of aliphatic hydroxyl groups excluding tert-OH is 2. The fourth-order valence-corrected chi connectivity index (χ4v) is 3.35. The van der Waals surface area contributed by atoms with Gasteiger partial charge < -0.3 is 20.1 Å². The highest BCUT2D eigenvalue weighted by atomic mass is 19.4. The summed E-state index contributed by atoms with van der Waals surface area (Å²) in [5, 5.41) is 29.1. The number of benzene rings is 2. The summed E-state index contributed by atoms with van der Waals surface area (Å²) in [5.41, 5.74) is -0.500. The third kappa shape index (κ3) is 5.23. The van der Waals surface area contributed by atoms with Gasteiger partial charge in [-0.1, -0.05) is 47.6 Å². The van der Waals surface area contributed by atoms with E-state index in [9.17, 15) is 23.1 Å². The van der Waals surface area contributed by atoms with Gasteiger partial charge in [0.15, 0.2) is 11.8 Å². The Morgan fingerprint density at radius 2 is 1.83 bits per heavy atom. The zero-order valence-corrected chi connectivity index (χ0v) is 18.1. The summed E-state index contributed by atoms with van der Waals surface area (Å²) in [6, 6.07) is 13.8. The zero-order chi connectivity index (χ0) is 25.0. The van der Waals surface area contributed by atoms with Crippen molar-refractivity contribution in [3.63, 3.8) is 0 Å². The molecule has 35 heavy (non-hydrogen) atoms. The summed E-state index contributed by atoms with van der Waals surface area (Å²) in [5.74, 6) is -0.959. The van der Waals surface area contributed by atoms with Crippen LogP contribution >= 0.6 is 0 Å². The quantitative estimate of drug-likeness (QED) is 0.326. The smallest absolute Gasteiger partial charge is 0.396 e. The highest BCUT2D eigenvalue weighted by molar-refractivity contribution is 5.82. The number of halogens is 3. The lowest BCUT2D eigenvalue weighted by Crippen LogP contribution is -2.30. The Kier molecular flexibility index (Phi) is 6.94. The number of carbonyl (C=O) groups excluding carboxylic acids is 1. The van der Waals surface area contributed by atoms with Gasteiger partial charge in [0.25, 0.3) is 11.8 Å². The zero-order valence-electron chi connectivity index (χ0n) is 18.1. The number of amides is 1. The minimum Gasteiger partial charge on any atom is -0.396 e. The molecule has 1 unspecified atom stereocenters. The molecule has 0 spiro atoms. The number of nitrogens with one attached hydrogen (secondary N) is 1. The van der Waals surface area contributed by atoms with E-state index in [0.717, 1.165) is 10.9 Å². The summed E-state index contributed by atoms with van der Waals surface area (Å²) >= 11 is 0. The van der Waals surface area contributed by atoms with Crippen molar-refractivity contribution < 1.29 is 32.7 Å². The van der Waals surface area contributed by atoms with Crippen molar-refractivity contribution in [1.82, 2.24) is 25.2 Å². The molecule has 4 aromatic rings. The van der Waals surface area contributed by atoms with E-state index in [4.69, 9.17) is 9.63 Å². The van der Waals surface area contributed by atoms with Gasteiger partial charge in [-0.25, -0.2) is 4.68 Å². The van der Waals surface area contributed by atoms with Crippen LogP contribution in [0, 0.1) is 0 Å². The SMILES string of the molecule is O=C(NCCCO)C(O)c1ccc(-c2noc(-c3cnn(-c4ccccc4)c3C(F)(F)F)n2)cc1.